The van der Waals surface area contributed by atoms with E-state index in [1.54, 1.807) is 25.1 Å². The van der Waals surface area contributed by atoms with Crippen LogP contribution in [0, 0.1) is 0 Å². The van der Waals surface area contributed by atoms with Gasteiger partial charge in [0.15, 0.2) is 22.5 Å². The first-order chi connectivity index (χ1) is 12.6. The Kier molecular flexibility index (Phi) is 4.05. The fourth-order valence-electron chi connectivity index (χ4n) is 3.08. The molecule has 0 amide bonds. The third-order valence-corrected chi connectivity index (χ3v) is 4.66. The van der Waals surface area contributed by atoms with Crippen LogP contribution >= 0.6 is 11.6 Å². The van der Waals surface area contributed by atoms with Gasteiger partial charge in [0, 0.05) is 11.1 Å². The summed E-state index contributed by atoms with van der Waals surface area (Å²) in [6.45, 7) is 0.449. The van der Waals surface area contributed by atoms with Crippen molar-refractivity contribution in [2.24, 2.45) is 0 Å². The molecule has 26 heavy (non-hydrogen) atoms. The molecule has 2 aromatic carbocycles. The molecule has 0 radical (unpaired) electrons. The largest absolute Gasteiger partial charge is 0.493 e. The van der Waals surface area contributed by atoms with Crippen LogP contribution in [0.5, 0.6) is 11.5 Å². The predicted molar refractivity (Wildman–Crippen MR) is 100 cm³/mol. The summed E-state index contributed by atoms with van der Waals surface area (Å²) in [7, 11) is 3.17. The van der Waals surface area contributed by atoms with Gasteiger partial charge in [0.1, 0.15) is 6.54 Å². The Bertz CT molecular complexity index is 1160. The van der Waals surface area contributed by atoms with Gasteiger partial charge >= 0.3 is 5.56 Å². The summed E-state index contributed by atoms with van der Waals surface area (Å²) in [4.78, 5) is 19.3. The number of benzene rings is 2. The highest BCUT2D eigenvalue weighted by Crippen LogP contribution is 2.33. The maximum Gasteiger partial charge on any atom is 0.361 e. The second-order valence-electron chi connectivity index (χ2n) is 5.96. The number of fused-ring (bicyclic) bond motifs is 3. The Morgan fingerprint density at radius 2 is 1.81 bits per heavy atom. The average Bonchev–Trinajstić information content (AvgIpc) is 3.02. The van der Waals surface area contributed by atoms with E-state index in [2.05, 4.69) is 9.97 Å². The van der Waals surface area contributed by atoms with Crippen molar-refractivity contribution >= 4 is 33.5 Å². The maximum atomic E-state index is 12.9. The summed E-state index contributed by atoms with van der Waals surface area (Å²) in [5, 5.41) is 1.54. The molecule has 4 aromatic rings. The van der Waals surface area contributed by atoms with Crippen molar-refractivity contribution in [1.82, 2.24) is 9.55 Å². The lowest BCUT2D eigenvalue weighted by molar-refractivity contribution is -0.351. The van der Waals surface area contributed by atoms with Crippen molar-refractivity contribution in [3.8, 4) is 11.5 Å². The molecule has 0 saturated carbocycles. The third-order valence-electron chi connectivity index (χ3n) is 4.41. The molecule has 0 atom stereocenters. The van der Waals surface area contributed by atoms with Gasteiger partial charge in [0.25, 0.3) is 0 Å². The molecule has 0 bridgehead atoms. The molecule has 0 aliphatic heterocycles. The Morgan fingerprint density at radius 1 is 1.12 bits per heavy atom. The highest BCUT2D eigenvalue weighted by Gasteiger charge is 2.18. The zero-order valence-corrected chi connectivity index (χ0v) is 15.1. The van der Waals surface area contributed by atoms with Crippen LogP contribution in [0.1, 0.15) is 5.56 Å². The van der Waals surface area contributed by atoms with Crippen molar-refractivity contribution in [3.63, 3.8) is 0 Å². The molecule has 7 heteroatoms. The van der Waals surface area contributed by atoms with E-state index in [-0.39, 0.29) is 5.56 Å². The number of rotatable bonds is 4. The first-order valence-corrected chi connectivity index (χ1v) is 8.41. The van der Waals surface area contributed by atoms with Crippen LogP contribution in [-0.4, -0.2) is 23.8 Å². The lowest BCUT2D eigenvalue weighted by Gasteiger charge is -2.06. The second-order valence-corrected chi connectivity index (χ2v) is 6.40. The first kappa shape index (κ1) is 16.5. The molecule has 2 heterocycles. The third kappa shape index (κ3) is 2.68. The van der Waals surface area contributed by atoms with Crippen LogP contribution in [0.3, 0.4) is 0 Å². The highest BCUT2D eigenvalue weighted by atomic mass is 35.5. The van der Waals surface area contributed by atoms with Gasteiger partial charge in [-0.2, -0.15) is 4.57 Å². The standard InChI is InChI=1S/C19H16ClN3O3/c1-25-15-7-13-14(8-16(15)26-2)22-18-17(13)21-10-23(19(18)24)9-11-3-5-12(20)6-4-11/h3-8,10,22H,9H2,1-2H3/p+1. The molecule has 0 unspecified atom stereocenters. The predicted octanol–water partition coefficient (Wildman–Crippen LogP) is 3.02. The molecular weight excluding hydrogens is 354 g/mol. The minimum atomic E-state index is -0.108. The van der Waals surface area contributed by atoms with Gasteiger partial charge in [0.2, 0.25) is 6.33 Å². The number of H-pyrrole nitrogens is 2. The number of aromatic nitrogens is 3. The van der Waals surface area contributed by atoms with Gasteiger partial charge < -0.3 is 14.5 Å². The molecule has 0 aliphatic carbocycles. The Morgan fingerprint density at radius 3 is 2.50 bits per heavy atom. The SMILES string of the molecule is COc1cc2[nH]c3c(=O)n(Cc4ccc(Cl)cc4)c[nH+]c3c2cc1OC. The second kappa shape index (κ2) is 6.38. The van der Waals surface area contributed by atoms with Crippen molar-refractivity contribution in [3.05, 3.63) is 63.7 Å². The van der Waals surface area contributed by atoms with E-state index in [1.807, 2.05) is 36.4 Å². The van der Waals surface area contributed by atoms with Gasteiger partial charge in [0.05, 0.1) is 25.1 Å². The van der Waals surface area contributed by atoms with E-state index in [4.69, 9.17) is 21.1 Å². The summed E-state index contributed by atoms with van der Waals surface area (Å²) in [6, 6.07) is 11.1. The Labute approximate surface area is 153 Å². The van der Waals surface area contributed by atoms with Gasteiger partial charge in [-0.25, -0.2) is 9.78 Å². The van der Waals surface area contributed by atoms with Crippen LogP contribution in [-0.2, 0) is 6.54 Å². The maximum absolute atomic E-state index is 12.9. The van der Waals surface area contributed by atoms with Crippen molar-refractivity contribution in [2.75, 3.05) is 14.2 Å². The number of methoxy groups -OCH3 is 2. The number of aromatic amines is 2. The smallest absolute Gasteiger partial charge is 0.361 e. The van der Waals surface area contributed by atoms with Crippen LogP contribution in [0.2, 0.25) is 5.02 Å². The lowest BCUT2D eigenvalue weighted by Crippen LogP contribution is -2.26. The lowest BCUT2D eigenvalue weighted by atomic mass is 10.2. The van der Waals surface area contributed by atoms with Gasteiger partial charge in [-0.05, 0) is 23.8 Å². The van der Waals surface area contributed by atoms with E-state index >= 15 is 0 Å². The van der Waals surface area contributed by atoms with Crippen LogP contribution < -0.4 is 20.0 Å². The summed E-state index contributed by atoms with van der Waals surface area (Å²) in [5.74, 6) is 1.22. The van der Waals surface area contributed by atoms with E-state index in [0.29, 0.717) is 28.6 Å². The Balaban J connectivity index is 1.85. The van der Waals surface area contributed by atoms with Gasteiger partial charge in [-0.1, -0.05) is 23.7 Å². The van der Waals surface area contributed by atoms with Gasteiger partial charge in [-0.15, -0.1) is 0 Å². The van der Waals surface area contributed by atoms with Gasteiger partial charge in [-0.3, -0.25) is 0 Å². The zero-order chi connectivity index (χ0) is 18.3. The molecule has 132 valence electrons. The number of halogens is 1. The molecule has 0 aliphatic rings. The molecule has 2 N–H and O–H groups in total. The minimum Gasteiger partial charge on any atom is -0.493 e. The molecular formula is C19H17ClN3O3+. The Hall–Kier alpha value is -2.99. The monoisotopic (exact) mass is 370 g/mol. The van der Waals surface area contributed by atoms with E-state index in [9.17, 15) is 4.79 Å². The minimum absolute atomic E-state index is 0.108. The molecule has 2 aromatic heterocycles. The van der Waals surface area contributed by atoms with Crippen LogP contribution in [0.25, 0.3) is 21.9 Å². The number of nitrogens with zero attached hydrogens (tertiary/aromatic N) is 1. The molecule has 4 rings (SSSR count). The molecule has 0 spiro atoms. The quantitative estimate of drug-likeness (QED) is 0.600. The van der Waals surface area contributed by atoms with Crippen molar-refractivity contribution < 1.29 is 14.5 Å². The van der Waals surface area contributed by atoms with Crippen LogP contribution in [0.15, 0.2) is 47.5 Å². The van der Waals surface area contributed by atoms with E-state index < -0.39 is 0 Å². The fraction of sp³-hybridized carbons (Fsp3) is 0.158. The fourth-order valence-corrected chi connectivity index (χ4v) is 3.21. The summed E-state index contributed by atoms with van der Waals surface area (Å²) >= 11 is 5.92. The zero-order valence-electron chi connectivity index (χ0n) is 14.3. The topological polar surface area (TPSA) is 70.4 Å². The average molecular weight is 371 g/mol. The van der Waals surface area contributed by atoms with Crippen LogP contribution in [0.4, 0.5) is 0 Å². The molecule has 6 nitrogen and oxygen atoms in total. The number of hydrogen-bond donors (Lipinski definition) is 1. The van der Waals surface area contributed by atoms with Crippen molar-refractivity contribution in [2.45, 2.75) is 6.54 Å². The first-order valence-electron chi connectivity index (χ1n) is 8.03. The molecule has 0 fully saturated rings. The number of ether oxygens (including phenoxy) is 2. The normalized spacial score (nSPS) is 11.2. The van der Waals surface area contributed by atoms with Crippen molar-refractivity contribution in [1.29, 1.82) is 0 Å². The number of nitrogens with one attached hydrogen (secondary N) is 2. The summed E-state index contributed by atoms with van der Waals surface area (Å²) in [5.41, 5.74) is 2.92. The molecule has 0 saturated heterocycles. The van der Waals surface area contributed by atoms with E-state index in [1.165, 1.54) is 0 Å². The highest BCUT2D eigenvalue weighted by molar-refractivity contribution is 6.30. The van der Waals surface area contributed by atoms with E-state index in [0.717, 1.165) is 22.0 Å². The summed E-state index contributed by atoms with van der Waals surface area (Å²) < 4.78 is 12.3. The number of hydrogen-bond acceptors (Lipinski definition) is 3. The summed E-state index contributed by atoms with van der Waals surface area (Å²) in [6.07, 6.45) is 1.68.